The average Bonchev–Trinajstić information content (AvgIpc) is 3.01. The molecule has 0 aromatic carbocycles. The second kappa shape index (κ2) is 5.21. The van der Waals surface area contributed by atoms with Gasteiger partial charge in [-0.2, -0.15) is 4.72 Å². The van der Waals surface area contributed by atoms with Gasteiger partial charge in [-0.05, 0) is 40.7 Å². The Morgan fingerprint density at radius 3 is 3.00 bits per heavy atom. The van der Waals surface area contributed by atoms with Crippen molar-refractivity contribution < 1.29 is 8.42 Å². The lowest BCUT2D eigenvalue weighted by Crippen LogP contribution is -2.28. The maximum atomic E-state index is 12.3. The zero-order valence-corrected chi connectivity index (χ0v) is 13.9. The number of nitrogens with one attached hydrogen (secondary N) is 1. The first-order chi connectivity index (χ1) is 9.49. The van der Waals surface area contributed by atoms with Gasteiger partial charge in [-0.15, -0.1) is 21.5 Å². The van der Waals surface area contributed by atoms with E-state index in [1.807, 2.05) is 4.57 Å². The Kier molecular flexibility index (Phi) is 3.69. The van der Waals surface area contributed by atoms with Gasteiger partial charge in [-0.25, -0.2) is 8.42 Å². The third kappa shape index (κ3) is 2.43. The Hall–Kier alpha value is -0.770. The van der Waals surface area contributed by atoms with Crippen molar-refractivity contribution >= 4 is 37.3 Å². The maximum absolute atomic E-state index is 12.3. The van der Waals surface area contributed by atoms with Crippen LogP contribution in [0.3, 0.4) is 0 Å². The molecule has 0 aliphatic carbocycles. The van der Waals surface area contributed by atoms with Crippen molar-refractivity contribution in [1.29, 1.82) is 0 Å². The second-order valence-electron chi connectivity index (χ2n) is 4.63. The fraction of sp³-hybridized carbons (Fsp3) is 0.455. The summed E-state index contributed by atoms with van der Waals surface area (Å²) in [5.74, 6) is 1.61. The molecular formula is C11H13BrN4O2S2. The monoisotopic (exact) mass is 376 g/mol. The summed E-state index contributed by atoms with van der Waals surface area (Å²) in [5.41, 5.74) is 0. The van der Waals surface area contributed by atoms with Crippen LogP contribution < -0.4 is 4.72 Å². The molecule has 3 rings (SSSR count). The summed E-state index contributed by atoms with van der Waals surface area (Å²) in [6.45, 7) is 2.64. The van der Waals surface area contributed by atoms with Crippen LogP contribution in [0.25, 0.3) is 0 Å². The lowest BCUT2D eigenvalue weighted by Gasteiger charge is -2.13. The largest absolute Gasteiger partial charge is 0.314 e. The fourth-order valence-electron chi connectivity index (χ4n) is 2.30. The van der Waals surface area contributed by atoms with Crippen LogP contribution in [0, 0.1) is 0 Å². The third-order valence-corrected chi connectivity index (χ3v) is 7.40. The molecular weight excluding hydrogens is 364 g/mol. The van der Waals surface area contributed by atoms with Gasteiger partial charge >= 0.3 is 0 Å². The first kappa shape index (κ1) is 14.2. The van der Waals surface area contributed by atoms with E-state index in [2.05, 4.69) is 30.8 Å². The highest BCUT2D eigenvalue weighted by Gasteiger charge is 2.27. The summed E-state index contributed by atoms with van der Waals surface area (Å²) in [4.78, 5) is 0. The Balaban J connectivity index is 1.86. The topological polar surface area (TPSA) is 76.9 Å². The van der Waals surface area contributed by atoms with E-state index in [-0.39, 0.29) is 4.21 Å². The number of rotatable bonds is 4. The number of fused-ring (bicyclic) bond motifs is 1. The Labute approximate surface area is 129 Å². The molecule has 1 unspecified atom stereocenters. The highest BCUT2D eigenvalue weighted by molar-refractivity contribution is 9.10. The van der Waals surface area contributed by atoms with Crippen LogP contribution in [0.1, 0.15) is 31.0 Å². The molecule has 1 atom stereocenters. The molecule has 3 heterocycles. The molecule has 108 valence electrons. The minimum absolute atomic E-state index is 0.283. The molecule has 0 spiro atoms. The number of aromatic nitrogens is 3. The molecule has 6 nitrogen and oxygen atoms in total. The number of sulfonamides is 1. The minimum atomic E-state index is -3.55. The minimum Gasteiger partial charge on any atom is -0.314 e. The van der Waals surface area contributed by atoms with Gasteiger partial charge in [0, 0.05) is 17.4 Å². The van der Waals surface area contributed by atoms with Gasteiger partial charge in [0.2, 0.25) is 0 Å². The van der Waals surface area contributed by atoms with E-state index < -0.39 is 16.1 Å². The van der Waals surface area contributed by atoms with Crippen LogP contribution in [0.5, 0.6) is 0 Å². The number of nitrogens with zero attached hydrogens (tertiary/aromatic N) is 3. The summed E-state index contributed by atoms with van der Waals surface area (Å²) in [6.07, 6.45) is 1.94. The molecule has 20 heavy (non-hydrogen) atoms. The Morgan fingerprint density at radius 2 is 2.30 bits per heavy atom. The molecule has 2 aromatic rings. The van der Waals surface area contributed by atoms with E-state index >= 15 is 0 Å². The summed E-state index contributed by atoms with van der Waals surface area (Å²) in [7, 11) is -3.55. The zero-order chi connectivity index (χ0) is 14.3. The molecule has 0 radical (unpaired) electrons. The third-order valence-electron chi connectivity index (χ3n) is 3.19. The molecule has 1 N–H and O–H groups in total. The van der Waals surface area contributed by atoms with Crippen molar-refractivity contribution in [2.75, 3.05) is 0 Å². The molecule has 0 amide bonds. The maximum Gasteiger partial charge on any atom is 0.251 e. The van der Waals surface area contributed by atoms with Crippen LogP contribution in [-0.2, 0) is 23.0 Å². The van der Waals surface area contributed by atoms with E-state index in [0.29, 0.717) is 10.3 Å². The average molecular weight is 377 g/mol. The standard InChI is InChI=1S/C11H13BrN4O2S2/c1-7(10-14-13-9-3-2-5-16(9)10)15-20(17,18)11-8(12)4-6-19-11/h4,6-7,15H,2-3,5H2,1H3. The molecule has 0 fully saturated rings. The van der Waals surface area contributed by atoms with Gasteiger partial charge in [0.15, 0.2) is 5.82 Å². The quantitative estimate of drug-likeness (QED) is 0.885. The first-order valence-electron chi connectivity index (χ1n) is 6.16. The normalized spacial score (nSPS) is 16.3. The van der Waals surface area contributed by atoms with Crippen molar-refractivity contribution in [3.05, 3.63) is 27.6 Å². The Morgan fingerprint density at radius 1 is 1.50 bits per heavy atom. The summed E-state index contributed by atoms with van der Waals surface area (Å²) in [5, 5.41) is 9.94. The van der Waals surface area contributed by atoms with Crippen LogP contribution in [0.15, 0.2) is 20.1 Å². The number of hydrogen-bond acceptors (Lipinski definition) is 5. The number of thiophene rings is 1. The van der Waals surface area contributed by atoms with E-state index in [1.54, 1.807) is 18.4 Å². The summed E-state index contributed by atoms with van der Waals surface area (Å²) in [6, 6.07) is 1.31. The van der Waals surface area contributed by atoms with Crippen LogP contribution in [0.4, 0.5) is 0 Å². The predicted molar refractivity (Wildman–Crippen MR) is 79.1 cm³/mol. The first-order valence-corrected chi connectivity index (χ1v) is 9.32. The van der Waals surface area contributed by atoms with Crippen molar-refractivity contribution in [3.63, 3.8) is 0 Å². The van der Waals surface area contributed by atoms with Gasteiger partial charge in [0.1, 0.15) is 10.0 Å². The summed E-state index contributed by atoms with van der Waals surface area (Å²) < 4.78 is 30.2. The van der Waals surface area contributed by atoms with Crippen LogP contribution in [0.2, 0.25) is 0 Å². The molecule has 2 aromatic heterocycles. The molecule has 0 saturated carbocycles. The zero-order valence-electron chi connectivity index (χ0n) is 10.7. The molecule has 9 heteroatoms. The van der Waals surface area contributed by atoms with E-state index in [1.165, 1.54) is 11.3 Å². The van der Waals surface area contributed by atoms with Gasteiger partial charge < -0.3 is 4.57 Å². The van der Waals surface area contributed by atoms with Crippen LogP contribution in [-0.4, -0.2) is 23.2 Å². The molecule has 0 bridgehead atoms. The van der Waals surface area contributed by atoms with Gasteiger partial charge in [0.05, 0.1) is 6.04 Å². The fourth-order valence-corrected chi connectivity index (χ4v) is 5.86. The molecule has 1 aliphatic rings. The van der Waals surface area contributed by atoms with E-state index in [4.69, 9.17) is 0 Å². The van der Waals surface area contributed by atoms with Gasteiger partial charge in [0.25, 0.3) is 10.0 Å². The lowest BCUT2D eigenvalue weighted by atomic mass is 10.3. The SMILES string of the molecule is CC(NS(=O)(=O)c1sccc1Br)c1nnc2n1CCC2. The van der Waals surface area contributed by atoms with Crippen molar-refractivity contribution in [2.24, 2.45) is 0 Å². The molecule has 1 aliphatic heterocycles. The second-order valence-corrected chi connectivity index (χ2v) is 8.31. The highest BCUT2D eigenvalue weighted by atomic mass is 79.9. The predicted octanol–water partition coefficient (Wildman–Crippen LogP) is 2.09. The van der Waals surface area contributed by atoms with E-state index in [9.17, 15) is 8.42 Å². The van der Waals surface area contributed by atoms with E-state index in [0.717, 1.165) is 25.2 Å². The Bertz CT molecular complexity index is 737. The smallest absolute Gasteiger partial charge is 0.251 e. The molecule has 0 saturated heterocycles. The van der Waals surface area contributed by atoms with Gasteiger partial charge in [-0.1, -0.05) is 0 Å². The number of hydrogen-bond donors (Lipinski definition) is 1. The van der Waals surface area contributed by atoms with Crippen molar-refractivity contribution in [3.8, 4) is 0 Å². The number of aryl methyl sites for hydroxylation is 1. The van der Waals surface area contributed by atoms with Crippen molar-refractivity contribution in [1.82, 2.24) is 19.5 Å². The highest BCUT2D eigenvalue weighted by Crippen LogP contribution is 2.29. The van der Waals surface area contributed by atoms with Crippen LogP contribution >= 0.6 is 27.3 Å². The lowest BCUT2D eigenvalue weighted by molar-refractivity contribution is 0.547. The number of halogens is 1. The summed E-state index contributed by atoms with van der Waals surface area (Å²) >= 11 is 4.43. The van der Waals surface area contributed by atoms with Crippen molar-refractivity contribution in [2.45, 2.75) is 36.6 Å². The van der Waals surface area contributed by atoms with Gasteiger partial charge in [-0.3, -0.25) is 0 Å².